The normalized spacial score (nSPS) is 11.4. The van der Waals surface area contributed by atoms with Crippen LogP contribution in [0.2, 0.25) is 0 Å². The van der Waals surface area contributed by atoms with E-state index in [1.165, 1.54) is 24.3 Å². The van der Waals surface area contributed by atoms with Gasteiger partial charge in [0.1, 0.15) is 5.75 Å². The first kappa shape index (κ1) is 10.2. The first-order chi connectivity index (χ1) is 6.01. The number of benzene rings is 1. The molecule has 0 atom stereocenters. The van der Waals surface area contributed by atoms with Crippen LogP contribution in [0.3, 0.4) is 0 Å². The van der Waals surface area contributed by atoms with Gasteiger partial charge in [-0.2, -0.15) is 12.6 Å². The highest BCUT2D eigenvalue weighted by molar-refractivity contribution is 7.79. The van der Waals surface area contributed by atoms with Crippen molar-refractivity contribution in [2.75, 3.05) is 0 Å². The van der Waals surface area contributed by atoms with Crippen molar-refractivity contribution in [2.24, 2.45) is 0 Å². The minimum Gasteiger partial charge on any atom is -0.406 e. The van der Waals surface area contributed by atoms with Crippen LogP contribution in [-0.4, -0.2) is 6.36 Å². The van der Waals surface area contributed by atoms with E-state index in [9.17, 15) is 13.2 Å². The molecule has 1 aromatic rings. The smallest absolute Gasteiger partial charge is 0.406 e. The summed E-state index contributed by atoms with van der Waals surface area (Å²) in [5.74, 6) is 0.282. The molecule has 0 N–H and O–H groups in total. The van der Waals surface area contributed by atoms with Crippen LogP contribution in [0, 0.1) is 0 Å². The van der Waals surface area contributed by atoms with E-state index in [-0.39, 0.29) is 5.75 Å². The second-order valence-electron chi connectivity index (χ2n) is 2.35. The Bertz CT molecular complexity index is 268. The molecule has 1 aromatic carbocycles. The fraction of sp³-hybridized carbons (Fsp3) is 0.250. The molecule has 0 bridgehead atoms. The zero-order valence-corrected chi connectivity index (χ0v) is 7.40. The first-order valence-electron chi connectivity index (χ1n) is 3.47. The lowest BCUT2D eigenvalue weighted by molar-refractivity contribution is -0.274. The zero-order chi connectivity index (χ0) is 9.90. The quantitative estimate of drug-likeness (QED) is 0.735. The number of thiol groups is 1. The van der Waals surface area contributed by atoms with Crippen LogP contribution in [0.4, 0.5) is 13.2 Å². The minimum absolute atomic E-state index is 0.210. The van der Waals surface area contributed by atoms with Crippen molar-refractivity contribution in [1.82, 2.24) is 0 Å². The van der Waals surface area contributed by atoms with Crippen molar-refractivity contribution < 1.29 is 17.9 Å². The van der Waals surface area contributed by atoms with Crippen LogP contribution in [-0.2, 0) is 5.75 Å². The molecule has 0 aromatic heterocycles. The lowest BCUT2D eigenvalue weighted by Gasteiger charge is -2.08. The molecule has 0 radical (unpaired) electrons. The summed E-state index contributed by atoms with van der Waals surface area (Å²) in [5, 5.41) is 0. The third-order valence-electron chi connectivity index (χ3n) is 1.34. The minimum atomic E-state index is -4.62. The van der Waals surface area contributed by atoms with E-state index in [1.807, 2.05) is 0 Å². The van der Waals surface area contributed by atoms with E-state index in [0.29, 0.717) is 5.75 Å². The summed E-state index contributed by atoms with van der Waals surface area (Å²) in [7, 11) is 0. The lowest BCUT2D eigenvalue weighted by Crippen LogP contribution is -2.16. The predicted octanol–water partition coefficient (Wildman–Crippen LogP) is 3.02. The Morgan fingerprint density at radius 2 is 1.69 bits per heavy atom. The average Bonchev–Trinajstić information content (AvgIpc) is 2.03. The van der Waals surface area contributed by atoms with E-state index in [1.54, 1.807) is 0 Å². The maximum Gasteiger partial charge on any atom is 0.573 e. The maximum absolute atomic E-state index is 11.7. The van der Waals surface area contributed by atoms with Crippen LogP contribution >= 0.6 is 12.6 Å². The number of ether oxygens (including phenoxy) is 1. The molecule has 0 aliphatic heterocycles. The fourth-order valence-corrected chi connectivity index (χ4v) is 1.01. The van der Waals surface area contributed by atoms with E-state index in [2.05, 4.69) is 17.4 Å². The Kier molecular flexibility index (Phi) is 3.08. The van der Waals surface area contributed by atoms with Crippen molar-refractivity contribution in [3.05, 3.63) is 29.8 Å². The molecule has 0 spiro atoms. The molecule has 0 fully saturated rings. The van der Waals surface area contributed by atoms with Gasteiger partial charge in [-0.3, -0.25) is 0 Å². The highest BCUT2D eigenvalue weighted by Crippen LogP contribution is 2.22. The summed E-state index contributed by atoms with van der Waals surface area (Å²) in [4.78, 5) is 0. The summed E-state index contributed by atoms with van der Waals surface area (Å²) in [6, 6.07) is 5.60. The topological polar surface area (TPSA) is 9.23 Å². The summed E-state index contributed by atoms with van der Waals surface area (Å²) >= 11 is 3.97. The molecule has 0 amide bonds. The highest BCUT2D eigenvalue weighted by atomic mass is 32.1. The number of halogens is 3. The van der Waals surface area contributed by atoms with Gasteiger partial charge in [0.05, 0.1) is 0 Å². The molecule has 13 heavy (non-hydrogen) atoms. The maximum atomic E-state index is 11.7. The van der Waals surface area contributed by atoms with E-state index in [4.69, 9.17) is 0 Å². The van der Waals surface area contributed by atoms with Gasteiger partial charge in [-0.1, -0.05) is 12.1 Å². The SMILES string of the molecule is FC(F)(F)Oc1ccc(CS)cc1. The third-order valence-corrected chi connectivity index (χ3v) is 1.70. The van der Waals surface area contributed by atoms with E-state index in [0.717, 1.165) is 5.56 Å². The van der Waals surface area contributed by atoms with Crippen molar-refractivity contribution in [2.45, 2.75) is 12.1 Å². The Hall–Kier alpha value is -0.840. The average molecular weight is 208 g/mol. The van der Waals surface area contributed by atoms with Gasteiger partial charge >= 0.3 is 6.36 Å². The van der Waals surface area contributed by atoms with Crippen LogP contribution < -0.4 is 4.74 Å². The van der Waals surface area contributed by atoms with Gasteiger partial charge in [-0.25, -0.2) is 0 Å². The van der Waals surface area contributed by atoms with Crippen molar-refractivity contribution in [3.8, 4) is 5.75 Å². The molecule has 0 heterocycles. The third kappa shape index (κ3) is 3.59. The Balaban J connectivity index is 2.70. The zero-order valence-electron chi connectivity index (χ0n) is 6.51. The molecular formula is C8H7F3OS. The van der Waals surface area contributed by atoms with Gasteiger partial charge in [0.25, 0.3) is 0 Å². The number of rotatable bonds is 2. The summed E-state index contributed by atoms with van der Waals surface area (Å²) < 4.78 is 38.7. The number of hydrogen-bond donors (Lipinski definition) is 1. The molecule has 1 rings (SSSR count). The molecule has 0 aliphatic carbocycles. The number of alkyl halides is 3. The van der Waals surface area contributed by atoms with Crippen molar-refractivity contribution in [3.63, 3.8) is 0 Å². The second-order valence-corrected chi connectivity index (χ2v) is 2.67. The van der Waals surface area contributed by atoms with Gasteiger partial charge < -0.3 is 4.74 Å². The molecule has 72 valence electrons. The van der Waals surface area contributed by atoms with Gasteiger partial charge in [-0.05, 0) is 17.7 Å². The lowest BCUT2D eigenvalue weighted by atomic mass is 10.2. The van der Waals surface area contributed by atoms with Crippen molar-refractivity contribution in [1.29, 1.82) is 0 Å². The van der Waals surface area contributed by atoms with Gasteiger partial charge in [0.15, 0.2) is 0 Å². The summed E-state index contributed by atoms with van der Waals surface area (Å²) in [6.45, 7) is 0. The van der Waals surface area contributed by atoms with Gasteiger partial charge in [-0.15, -0.1) is 13.2 Å². The van der Waals surface area contributed by atoms with E-state index < -0.39 is 6.36 Å². The summed E-state index contributed by atoms with van der Waals surface area (Å²) in [6.07, 6.45) is -4.62. The molecular weight excluding hydrogens is 201 g/mol. The van der Waals surface area contributed by atoms with Crippen LogP contribution in [0.1, 0.15) is 5.56 Å². The fourth-order valence-electron chi connectivity index (χ4n) is 0.797. The second kappa shape index (κ2) is 3.91. The molecule has 1 nitrogen and oxygen atoms in total. The highest BCUT2D eigenvalue weighted by Gasteiger charge is 2.30. The first-order valence-corrected chi connectivity index (χ1v) is 4.10. The predicted molar refractivity (Wildman–Crippen MR) is 45.8 cm³/mol. The Labute approximate surface area is 78.9 Å². The van der Waals surface area contributed by atoms with Gasteiger partial charge in [0, 0.05) is 5.75 Å². The molecule has 5 heteroatoms. The van der Waals surface area contributed by atoms with Gasteiger partial charge in [0.2, 0.25) is 0 Å². The Morgan fingerprint density at radius 3 is 2.08 bits per heavy atom. The van der Waals surface area contributed by atoms with Crippen LogP contribution in [0.15, 0.2) is 24.3 Å². The molecule has 0 aliphatic rings. The molecule has 0 saturated heterocycles. The van der Waals surface area contributed by atoms with Crippen LogP contribution in [0.25, 0.3) is 0 Å². The monoisotopic (exact) mass is 208 g/mol. The van der Waals surface area contributed by atoms with Crippen LogP contribution in [0.5, 0.6) is 5.75 Å². The standard InChI is InChI=1S/C8H7F3OS/c9-8(10,11)12-7-3-1-6(5-13)2-4-7/h1-4,13H,5H2. The number of hydrogen-bond acceptors (Lipinski definition) is 2. The summed E-state index contributed by atoms with van der Waals surface area (Å²) in [5.41, 5.74) is 0.845. The van der Waals surface area contributed by atoms with Crippen molar-refractivity contribution >= 4 is 12.6 Å². The molecule has 0 unspecified atom stereocenters. The molecule has 0 saturated carbocycles. The van der Waals surface area contributed by atoms with E-state index >= 15 is 0 Å². The largest absolute Gasteiger partial charge is 0.573 e. The Morgan fingerprint density at radius 1 is 1.15 bits per heavy atom.